The fourth-order valence-corrected chi connectivity index (χ4v) is 2.09. The van der Waals surface area contributed by atoms with Crippen LogP contribution in [0.15, 0.2) is 5.16 Å². The number of hydrogen-bond donors (Lipinski definition) is 1. The van der Waals surface area contributed by atoms with Crippen LogP contribution in [-0.2, 0) is 14.4 Å². The summed E-state index contributed by atoms with van der Waals surface area (Å²) in [6.45, 7) is 4.14. The van der Waals surface area contributed by atoms with Gasteiger partial charge in [0.2, 0.25) is 6.10 Å². The first-order valence-electron chi connectivity index (χ1n) is 5.94. The molecule has 0 radical (unpaired) electrons. The van der Waals surface area contributed by atoms with E-state index < -0.39 is 12.1 Å². The number of carbonyl (C=O) groups is 2. The summed E-state index contributed by atoms with van der Waals surface area (Å²) in [5.41, 5.74) is -0.0875. The largest absolute Gasteiger partial charge is 0.477 e. The van der Waals surface area contributed by atoms with Crippen LogP contribution < -0.4 is 0 Å². The number of nitrogens with zero attached hydrogens (tertiary/aromatic N) is 3. The predicted molar refractivity (Wildman–Crippen MR) is 63.2 cm³/mol. The topological polar surface area (TPSA) is 82.4 Å². The minimum Gasteiger partial charge on any atom is -0.477 e. The fraction of sp³-hybridized carbons (Fsp3) is 0.727. The van der Waals surface area contributed by atoms with Crippen LogP contribution >= 0.6 is 0 Å². The second-order valence-corrected chi connectivity index (χ2v) is 4.76. The standard InChI is InChI=1S/C11H17N3O4/c1-7-6-14(4-3-13(7)2)10(15)9-5-8(11(16)17)12-18-9/h7,9H,3-6H2,1-2H3,(H,16,17). The molecule has 2 heterocycles. The Bertz CT molecular complexity index is 396. The number of rotatable bonds is 2. The second kappa shape index (κ2) is 4.93. The minimum absolute atomic E-state index is 0.0505. The van der Waals surface area contributed by atoms with Crippen LogP contribution in [0.5, 0.6) is 0 Å². The predicted octanol–water partition coefficient (Wildman–Crippen LogP) is -0.622. The summed E-state index contributed by atoms with van der Waals surface area (Å²) in [6, 6.07) is 0.295. The smallest absolute Gasteiger partial charge is 0.353 e. The highest BCUT2D eigenvalue weighted by Gasteiger charge is 2.36. The van der Waals surface area contributed by atoms with Crippen molar-refractivity contribution in [3.05, 3.63) is 0 Å². The summed E-state index contributed by atoms with van der Waals surface area (Å²) in [6.07, 6.45) is -0.721. The zero-order valence-electron chi connectivity index (χ0n) is 10.5. The Kier molecular flexibility index (Phi) is 3.51. The summed E-state index contributed by atoms with van der Waals surface area (Å²) in [5.74, 6) is -1.30. The number of piperazine rings is 1. The number of likely N-dealkylation sites (N-methyl/N-ethyl adjacent to an activating group) is 1. The Hall–Kier alpha value is -1.63. The zero-order chi connectivity index (χ0) is 13.3. The number of carboxylic acid groups (broad SMARTS) is 1. The van der Waals surface area contributed by atoms with E-state index in [1.54, 1.807) is 4.90 Å². The first kappa shape index (κ1) is 12.8. The van der Waals surface area contributed by atoms with E-state index in [4.69, 9.17) is 9.94 Å². The Labute approximate surface area is 105 Å². The van der Waals surface area contributed by atoms with Crippen molar-refractivity contribution in [3.63, 3.8) is 0 Å². The molecule has 0 aromatic heterocycles. The van der Waals surface area contributed by atoms with E-state index >= 15 is 0 Å². The van der Waals surface area contributed by atoms with E-state index in [0.29, 0.717) is 19.1 Å². The van der Waals surface area contributed by atoms with Gasteiger partial charge in [-0.05, 0) is 14.0 Å². The summed E-state index contributed by atoms with van der Waals surface area (Å²) >= 11 is 0. The molecule has 2 rings (SSSR count). The lowest BCUT2D eigenvalue weighted by molar-refractivity contribution is -0.144. The Morgan fingerprint density at radius 3 is 2.72 bits per heavy atom. The maximum Gasteiger partial charge on any atom is 0.353 e. The van der Waals surface area contributed by atoms with Crippen molar-refractivity contribution in [2.75, 3.05) is 26.7 Å². The maximum absolute atomic E-state index is 12.1. The van der Waals surface area contributed by atoms with Crippen LogP contribution in [0.25, 0.3) is 0 Å². The van der Waals surface area contributed by atoms with Crippen LogP contribution in [0.4, 0.5) is 0 Å². The molecule has 0 aliphatic carbocycles. The molecule has 0 spiro atoms. The van der Waals surface area contributed by atoms with Gasteiger partial charge in [-0.1, -0.05) is 5.16 Å². The van der Waals surface area contributed by atoms with E-state index in [2.05, 4.69) is 10.1 Å². The van der Waals surface area contributed by atoms with Crippen molar-refractivity contribution in [1.82, 2.24) is 9.80 Å². The van der Waals surface area contributed by atoms with Crippen molar-refractivity contribution in [2.24, 2.45) is 5.16 Å². The van der Waals surface area contributed by atoms with Gasteiger partial charge in [0.25, 0.3) is 5.91 Å². The molecule has 18 heavy (non-hydrogen) atoms. The minimum atomic E-state index is -1.13. The molecule has 2 atom stereocenters. The molecule has 2 unspecified atom stereocenters. The van der Waals surface area contributed by atoms with Gasteiger partial charge < -0.3 is 19.7 Å². The maximum atomic E-state index is 12.1. The van der Waals surface area contributed by atoms with Gasteiger partial charge in [0.05, 0.1) is 0 Å². The molecule has 0 bridgehead atoms. The molecule has 1 amide bonds. The summed E-state index contributed by atoms with van der Waals surface area (Å²) in [5, 5.41) is 12.2. The Morgan fingerprint density at radius 2 is 2.17 bits per heavy atom. The zero-order valence-corrected chi connectivity index (χ0v) is 10.5. The van der Waals surface area contributed by atoms with Gasteiger partial charge in [-0.2, -0.15) is 0 Å². The number of hydrogen-bond acceptors (Lipinski definition) is 5. The summed E-state index contributed by atoms with van der Waals surface area (Å²) < 4.78 is 0. The normalized spacial score (nSPS) is 28.8. The van der Waals surface area contributed by atoms with E-state index in [9.17, 15) is 9.59 Å². The quantitative estimate of drug-likeness (QED) is 0.711. The lowest BCUT2D eigenvalue weighted by Crippen LogP contribution is -2.54. The monoisotopic (exact) mass is 255 g/mol. The van der Waals surface area contributed by atoms with E-state index in [-0.39, 0.29) is 18.0 Å². The third-order valence-corrected chi connectivity index (χ3v) is 3.46. The van der Waals surface area contributed by atoms with E-state index in [1.165, 1.54) is 0 Å². The number of carboxylic acids is 1. The van der Waals surface area contributed by atoms with Crippen molar-refractivity contribution in [1.29, 1.82) is 0 Å². The average Bonchev–Trinajstić information content (AvgIpc) is 2.81. The molecule has 100 valence electrons. The van der Waals surface area contributed by atoms with Gasteiger partial charge in [0, 0.05) is 32.1 Å². The molecular weight excluding hydrogens is 238 g/mol. The summed E-state index contributed by atoms with van der Waals surface area (Å²) in [7, 11) is 2.02. The molecule has 0 saturated carbocycles. The molecule has 1 fully saturated rings. The van der Waals surface area contributed by atoms with Crippen LogP contribution in [-0.4, -0.2) is 71.3 Å². The third-order valence-electron chi connectivity index (χ3n) is 3.46. The van der Waals surface area contributed by atoms with Crippen molar-refractivity contribution in [3.8, 4) is 0 Å². The number of oxime groups is 1. The molecule has 2 aliphatic heterocycles. The van der Waals surface area contributed by atoms with Gasteiger partial charge in [0.15, 0.2) is 5.71 Å². The molecule has 0 aromatic carbocycles. The van der Waals surface area contributed by atoms with E-state index in [0.717, 1.165) is 6.54 Å². The molecule has 7 heteroatoms. The Morgan fingerprint density at radius 1 is 1.44 bits per heavy atom. The number of amides is 1. The first-order chi connectivity index (χ1) is 8.49. The van der Waals surface area contributed by atoms with Gasteiger partial charge in [-0.3, -0.25) is 4.79 Å². The number of carbonyl (C=O) groups excluding carboxylic acids is 1. The van der Waals surface area contributed by atoms with Crippen LogP contribution in [0.2, 0.25) is 0 Å². The van der Waals surface area contributed by atoms with Crippen molar-refractivity contribution < 1.29 is 19.5 Å². The molecular formula is C11H17N3O4. The fourth-order valence-electron chi connectivity index (χ4n) is 2.09. The van der Waals surface area contributed by atoms with Gasteiger partial charge in [-0.15, -0.1) is 0 Å². The van der Waals surface area contributed by atoms with Gasteiger partial charge in [0.1, 0.15) is 0 Å². The van der Waals surface area contributed by atoms with Crippen molar-refractivity contribution >= 4 is 17.6 Å². The van der Waals surface area contributed by atoms with Crippen LogP contribution in [0.3, 0.4) is 0 Å². The second-order valence-electron chi connectivity index (χ2n) is 4.76. The van der Waals surface area contributed by atoms with Gasteiger partial charge in [-0.25, -0.2) is 4.79 Å². The van der Waals surface area contributed by atoms with Crippen LogP contribution in [0.1, 0.15) is 13.3 Å². The Balaban J connectivity index is 1.92. The lowest BCUT2D eigenvalue weighted by atomic mass is 10.1. The van der Waals surface area contributed by atoms with Gasteiger partial charge >= 0.3 is 5.97 Å². The van der Waals surface area contributed by atoms with Crippen molar-refractivity contribution in [2.45, 2.75) is 25.5 Å². The SMILES string of the molecule is CC1CN(C(=O)C2CC(C(=O)O)=NO2)CCN1C. The van der Waals surface area contributed by atoms with E-state index in [1.807, 2.05) is 14.0 Å². The highest BCUT2D eigenvalue weighted by molar-refractivity contribution is 6.36. The molecule has 1 saturated heterocycles. The molecule has 7 nitrogen and oxygen atoms in total. The molecule has 1 N–H and O–H groups in total. The molecule has 2 aliphatic rings. The molecule has 0 aromatic rings. The lowest BCUT2D eigenvalue weighted by Gasteiger charge is -2.38. The highest BCUT2D eigenvalue weighted by atomic mass is 16.6. The highest BCUT2D eigenvalue weighted by Crippen LogP contribution is 2.16. The first-order valence-corrected chi connectivity index (χ1v) is 5.94. The average molecular weight is 255 g/mol. The third kappa shape index (κ3) is 2.45. The summed E-state index contributed by atoms with van der Waals surface area (Å²) in [4.78, 5) is 31.6. The number of aliphatic carboxylic acids is 1. The van der Waals surface area contributed by atoms with Crippen LogP contribution in [0, 0.1) is 0 Å².